The summed E-state index contributed by atoms with van der Waals surface area (Å²) >= 11 is 0. The second-order valence-corrected chi connectivity index (χ2v) is 7.46. The molecule has 120 valence electrons. The molecule has 0 radical (unpaired) electrons. The molecule has 0 spiro atoms. The van der Waals surface area contributed by atoms with E-state index in [2.05, 4.69) is 0 Å². The van der Waals surface area contributed by atoms with E-state index >= 15 is 0 Å². The van der Waals surface area contributed by atoms with Crippen molar-refractivity contribution in [2.45, 2.75) is 19.1 Å². The summed E-state index contributed by atoms with van der Waals surface area (Å²) in [5.74, 6) is -1.58. The fourth-order valence-corrected chi connectivity index (χ4v) is 3.16. The van der Waals surface area contributed by atoms with Crippen molar-refractivity contribution in [2.75, 3.05) is 13.1 Å². The molecule has 1 amide bonds. The number of carboxylic acid groups (broad SMARTS) is 1. The molecule has 3 N–H and O–H groups in total. The molecule has 0 saturated carbocycles. The van der Waals surface area contributed by atoms with Crippen molar-refractivity contribution in [3.63, 3.8) is 0 Å². The zero-order valence-electron chi connectivity index (χ0n) is 12.2. The molecule has 1 heterocycles. The highest BCUT2D eigenvalue weighted by atomic mass is 32.2. The molecule has 1 aliphatic rings. The number of rotatable bonds is 4. The van der Waals surface area contributed by atoms with Gasteiger partial charge in [-0.2, -0.15) is 0 Å². The Morgan fingerprint density at radius 3 is 2.64 bits per heavy atom. The molecule has 1 saturated heterocycles. The van der Waals surface area contributed by atoms with Gasteiger partial charge in [-0.1, -0.05) is 12.1 Å². The van der Waals surface area contributed by atoms with E-state index in [1.54, 1.807) is 25.1 Å². The quantitative estimate of drug-likeness (QED) is 0.831. The molecule has 1 unspecified atom stereocenters. The average Bonchev–Trinajstić information content (AvgIpc) is 2.80. The van der Waals surface area contributed by atoms with Crippen LogP contribution in [-0.4, -0.2) is 43.4 Å². The lowest BCUT2D eigenvalue weighted by Gasteiger charge is -2.20. The van der Waals surface area contributed by atoms with Crippen LogP contribution in [0.5, 0.6) is 0 Å². The standard InChI is InChI=1S/C14H18N2O5S/c1-14(13(18)19)5-6-16(9-14)12(17)11-4-2-3-10(7-11)8-22(15,20)21/h2-4,7H,5-6,8-9H2,1H3,(H,18,19)(H2,15,20,21). The first kappa shape index (κ1) is 16.4. The van der Waals surface area contributed by atoms with E-state index < -0.39 is 21.4 Å². The second-order valence-electron chi connectivity index (χ2n) is 5.85. The highest BCUT2D eigenvalue weighted by molar-refractivity contribution is 7.88. The number of carbonyl (C=O) groups is 2. The van der Waals surface area contributed by atoms with Gasteiger partial charge in [0.05, 0.1) is 11.2 Å². The first-order valence-corrected chi connectivity index (χ1v) is 8.44. The van der Waals surface area contributed by atoms with Gasteiger partial charge in [0, 0.05) is 18.7 Å². The number of hydrogen-bond donors (Lipinski definition) is 2. The van der Waals surface area contributed by atoms with Gasteiger partial charge in [0.2, 0.25) is 10.0 Å². The zero-order valence-corrected chi connectivity index (χ0v) is 13.0. The minimum absolute atomic E-state index is 0.139. The molecule has 8 heteroatoms. The summed E-state index contributed by atoms with van der Waals surface area (Å²) in [6.07, 6.45) is 0.394. The summed E-state index contributed by atoms with van der Waals surface area (Å²) in [6, 6.07) is 6.21. The molecule has 0 bridgehead atoms. The number of nitrogens with zero attached hydrogens (tertiary/aromatic N) is 1. The number of likely N-dealkylation sites (tertiary alicyclic amines) is 1. The van der Waals surface area contributed by atoms with Gasteiger partial charge in [0.1, 0.15) is 0 Å². The van der Waals surface area contributed by atoms with Crippen LogP contribution in [0.3, 0.4) is 0 Å². The SMILES string of the molecule is CC1(C(=O)O)CCN(C(=O)c2cccc(CS(N)(=O)=O)c2)C1. The molecule has 0 aromatic heterocycles. The highest BCUT2D eigenvalue weighted by Crippen LogP contribution is 2.31. The fourth-order valence-electron chi connectivity index (χ4n) is 2.52. The third-order valence-corrected chi connectivity index (χ3v) is 4.55. The third-order valence-electron chi connectivity index (χ3n) is 3.82. The Labute approximate surface area is 128 Å². The zero-order chi connectivity index (χ0) is 16.5. The van der Waals surface area contributed by atoms with Gasteiger partial charge in [0.15, 0.2) is 0 Å². The Kier molecular flexibility index (Phi) is 4.25. The minimum atomic E-state index is -3.67. The first-order valence-electron chi connectivity index (χ1n) is 6.73. The van der Waals surface area contributed by atoms with Crippen molar-refractivity contribution in [3.05, 3.63) is 35.4 Å². The number of benzene rings is 1. The van der Waals surface area contributed by atoms with Crippen molar-refractivity contribution in [2.24, 2.45) is 10.6 Å². The van der Waals surface area contributed by atoms with E-state index in [4.69, 9.17) is 5.14 Å². The van der Waals surface area contributed by atoms with Gasteiger partial charge < -0.3 is 10.0 Å². The van der Waals surface area contributed by atoms with Crippen LogP contribution in [0.2, 0.25) is 0 Å². The summed E-state index contributed by atoms with van der Waals surface area (Å²) in [4.78, 5) is 25.1. The van der Waals surface area contributed by atoms with Gasteiger partial charge in [0.25, 0.3) is 5.91 Å². The number of sulfonamides is 1. The van der Waals surface area contributed by atoms with Gasteiger partial charge in [-0.05, 0) is 31.0 Å². The molecule has 1 aliphatic heterocycles. The molecular weight excluding hydrogens is 308 g/mol. The van der Waals surface area contributed by atoms with E-state index in [9.17, 15) is 23.1 Å². The second kappa shape index (κ2) is 5.69. The lowest BCUT2D eigenvalue weighted by molar-refractivity contribution is -0.147. The summed E-state index contributed by atoms with van der Waals surface area (Å²) < 4.78 is 22.2. The van der Waals surface area contributed by atoms with Crippen molar-refractivity contribution in [1.29, 1.82) is 0 Å². The maximum Gasteiger partial charge on any atom is 0.311 e. The third kappa shape index (κ3) is 3.63. The number of aliphatic carboxylic acids is 1. The molecule has 2 rings (SSSR count). The molecular formula is C14H18N2O5S. The molecule has 1 aromatic rings. The van der Waals surface area contributed by atoms with Crippen LogP contribution in [-0.2, 0) is 20.6 Å². The summed E-state index contributed by atoms with van der Waals surface area (Å²) in [6.45, 7) is 2.11. The van der Waals surface area contributed by atoms with E-state index in [-0.39, 0.29) is 18.2 Å². The largest absolute Gasteiger partial charge is 0.481 e. The normalized spacial score (nSPS) is 21.8. The first-order chi connectivity index (χ1) is 10.1. The van der Waals surface area contributed by atoms with E-state index in [1.807, 2.05) is 0 Å². The maximum atomic E-state index is 12.4. The summed E-state index contributed by atoms with van der Waals surface area (Å²) in [5.41, 5.74) is -0.183. The summed E-state index contributed by atoms with van der Waals surface area (Å²) in [5, 5.41) is 14.2. The molecule has 1 aromatic carbocycles. The highest BCUT2D eigenvalue weighted by Gasteiger charge is 2.42. The number of nitrogens with two attached hydrogens (primary N) is 1. The molecule has 1 fully saturated rings. The van der Waals surface area contributed by atoms with Crippen LogP contribution in [0.4, 0.5) is 0 Å². The molecule has 22 heavy (non-hydrogen) atoms. The smallest absolute Gasteiger partial charge is 0.311 e. The predicted molar refractivity (Wildman–Crippen MR) is 79.5 cm³/mol. The predicted octanol–water partition coefficient (Wildman–Crippen LogP) is 0.412. The van der Waals surface area contributed by atoms with Gasteiger partial charge in [-0.3, -0.25) is 9.59 Å². The monoisotopic (exact) mass is 326 g/mol. The van der Waals surface area contributed by atoms with Crippen molar-refractivity contribution in [1.82, 2.24) is 4.90 Å². The number of primary sulfonamides is 1. The number of hydrogen-bond acceptors (Lipinski definition) is 4. The molecule has 0 aliphatic carbocycles. The Hall–Kier alpha value is -1.93. The Morgan fingerprint density at radius 1 is 1.41 bits per heavy atom. The maximum absolute atomic E-state index is 12.4. The van der Waals surface area contributed by atoms with Gasteiger partial charge in [-0.15, -0.1) is 0 Å². The van der Waals surface area contributed by atoms with Crippen molar-refractivity contribution in [3.8, 4) is 0 Å². The van der Waals surface area contributed by atoms with E-state index in [0.29, 0.717) is 24.1 Å². The lowest BCUT2D eigenvalue weighted by Crippen LogP contribution is -2.34. The Morgan fingerprint density at radius 2 is 2.09 bits per heavy atom. The Bertz CT molecular complexity index is 716. The topological polar surface area (TPSA) is 118 Å². The number of amides is 1. The molecule has 7 nitrogen and oxygen atoms in total. The van der Waals surface area contributed by atoms with Crippen LogP contribution in [0.25, 0.3) is 0 Å². The minimum Gasteiger partial charge on any atom is -0.481 e. The lowest BCUT2D eigenvalue weighted by atomic mass is 9.90. The van der Waals surface area contributed by atoms with Gasteiger partial charge in [-0.25, -0.2) is 13.6 Å². The summed E-state index contributed by atoms with van der Waals surface area (Å²) in [7, 11) is -3.67. The van der Waals surface area contributed by atoms with Crippen molar-refractivity contribution >= 4 is 21.9 Å². The van der Waals surface area contributed by atoms with Crippen LogP contribution < -0.4 is 5.14 Å². The van der Waals surface area contributed by atoms with E-state index in [1.165, 1.54) is 11.0 Å². The van der Waals surface area contributed by atoms with Crippen molar-refractivity contribution < 1.29 is 23.1 Å². The Balaban J connectivity index is 2.17. The van der Waals surface area contributed by atoms with Crippen LogP contribution in [0.15, 0.2) is 24.3 Å². The molecule has 1 atom stereocenters. The van der Waals surface area contributed by atoms with Crippen LogP contribution >= 0.6 is 0 Å². The fraction of sp³-hybridized carbons (Fsp3) is 0.429. The number of carboxylic acids is 1. The van der Waals surface area contributed by atoms with Gasteiger partial charge >= 0.3 is 5.97 Å². The average molecular weight is 326 g/mol. The van der Waals surface area contributed by atoms with E-state index in [0.717, 1.165) is 0 Å². The van der Waals surface area contributed by atoms with Crippen LogP contribution in [0.1, 0.15) is 29.3 Å². The number of carbonyl (C=O) groups excluding carboxylic acids is 1. The van der Waals surface area contributed by atoms with Crippen LogP contribution in [0, 0.1) is 5.41 Å².